The van der Waals surface area contributed by atoms with E-state index in [0.717, 1.165) is 4.90 Å². The van der Waals surface area contributed by atoms with Crippen LogP contribution in [0, 0.1) is 16.0 Å². The molecule has 1 fully saturated rings. The van der Waals surface area contributed by atoms with Crippen molar-refractivity contribution in [3.05, 3.63) is 89.9 Å². The Morgan fingerprint density at radius 2 is 1.33 bits per heavy atom. The Bertz CT molecular complexity index is 1550. The zero-order valence-electron chi connectivity index (χ0n) is 19.3. The van der Waals surface area contributed by atoms with Gasteiger partial charge in [0, 0.05) is 30.8 Å². The Morgan fingerprint density at radius 1 is 0.821 bits per heavy atom. The number of hydrogen-bond donors (Lipinski definition) is 0. The lowest BCUT2D eigenvalue weighted by atomic mass is 10.1. The first kappa shape index (κ1) is 26.9. The molecular formula is C25H13Cl4N3O7. The lowest BCUT2D eigenvalue weighted by Crippen LogP contribution is -2.29. The molecule has 1 saturated heterocycles. The third-order valence-corrected chi connectivity index (χ3v) is 8.05. The Labute approximate surface area is 239 Å². The first-order valence-corrected chi connectivity index (χ1v) is 12.6. The SMILES string of the molecule is O=C(Oc1ccc(N2C(=O)c3c(Cl)c(Cl)c(Cl)c(Cl)c3C2=O)cc1)[C@H]1CC(=O)N(c2ccc([N+](=O)[O-])cc2)C1. The molecule has 3 amide bonds. The van der Waals surface area contributed by atoms with Gasteiger partial charge in [0.2, 0.25) is 5.91 Å². The molecule has 14 heteroatoms. The number of imide groups is 1. The second-order valence-corrected chi connectivity index (χ2v) is 10.1. The van der Waals surface area contributed by atoms with Gasteiger partial charge in [0.15, 0.2) is 0 Å². The van der Waals surface area contributed by atoms with Gasteiger partial charge in [-0.15, -0.1) is 0 Å². The van der Waals surface area contributed by atoms with Crippen LogP contribution in [-0.4, -0.2) is 35.2 Å². The summed E-state index contributed by atoms with van der Waals surface area (Å²) in [6.45, 7) is 0.0369. The highest BCUT2D eigenvalue weighted by molar-refractivity contribution is 6.56. The Balaban J connectivity index is 1.29. The highest BCUT2D eigenvalue weighted by Gasteiger charge is 2.42. The second kappa shape index (κ2) is 10.1. The van der Waals surface area contributed by atoms with Crippen LogP contribution >= 0.6 is 46.4 Å². The fourth-order valence-electron chi connectivity index (χ4n) is 4.32. The van der Waals surface area contributed by atoms with E-state index in [1.807, 2.05) is 0 Å². The van der Waals surface area contributed by atoms with Crippen LogP contribution in [0.2, 0.25) is 20.1 Å². The molecule has 0 saturated carbocycles. The monoisotopic (exact) mass is 607 g/mol. The molecule has 2 heterocycles. The molecule has 2 aliphatic heterocycles. The zero-order chi connectivity index (χ0) is 28.2. The van der Waals surface area contributed by atoms with Gasteiger partial charge in [0.1, 0.15) is 5.75 Å². The molecule has 1 atom stereocenters. The van der Waals surface area contributed by atoms with Crippen molar-refractivity contribution in [1.29, 1.82) is 0 Å². The van der Waals surface area contributed by atoms with Gasteiger partial charge in [0.05, 0.1) is 47.7 Å². The van der Waals surface area contributed by atoms with E-state index in [1.54, 1.807) is 0 Å². The van der Waals surface area contributed by atoms with E-state index in [1.165, 1.54) is 53.4 Å². The van der Waals surface area contributed by atoms with Gasteiger partial charge in [-0.1, -0.05) is 46.4 Å². The predicted octanol–water partition coefficient (Wildman–Crippen LogP) is 5.97. The molecule has 5 rings (SSSR count). The van der Waals surface area contributed by atoms with E-state index < -0.39 is 28.6 Å². The summed E-state index contributed by atoms with van der Waals surface area (Å²) >= 11 is 24.4. The Kier molecular flexibility index (Phi) is 6.98. The summed E-state index contributed by atoms with van der Waals surface area (Å²) in [6, 6.07) is 10.9. The van der Waals surface area contributed by atoms with Crippen LogP contribution in [0.4, 0.5) is 17.1 Å². The summed E-state index contributed by atoms with van der Waals surface area (Å²) in [5, 5.41) is 10.2. The van der Waals surface area contributed by atoms with Gasteiger partial charge in [-0.3, -0.25) is 29.3 Å². The molecule has 3 aromatic carbocycles. The van der Waals surface area contributed by atoms with E-state index in [-0.39, 0.29) is 67.2 Å². The summed E-state index contributed by atoms with van der Waals surface area (Å²) in [4.78, 5) is 63.8. The van der Waals surface area contributed by atoms with Crippen molar-refractivity contribution in [2.75, 3.05) is 16.3 Å². The number of fused-ring (bicyclic) bond motifs is 1. The number of carbonyl (C=O) groups is 4. The van der Waals surface area contributed by atoms with Crippen LogP contribution in [0.1, 0.15) is 27.1 Å². The third-order valence-electron chi connectivity index (χ3n) is 6.24. The number of halogens is 4. The van der Waals surface area contributed by atoms with E-state index in [4.69, 9.17) is 51.1 Å². The average Bonchev–Trinajstić information content (AvgIpc) is 3.43. The number of esters is 1. The van der Waals surface area contributed by atoms with Crippen molar-refractivity contribution in [1.82, 2.24) is 0 Å². The van der Waals surface area contributed by atoms with E-state index >= 15 is 0 Å². The van der Waals surface area contributed by atoms with Crippen LogP contribution in [0.3, 0.4) is 0 Å². The number of anilines is 2. The molecule has 0 N–H and O–H groups in total. The summed E-state index contributed by atoms with van der Waals surface area (Å²) in [5.41, 5.74) is 0.125. The topological polar surface area (TPSA) is 127 Å². The van der Waals surface area contributed by atoms with Crippen molar-refractivity contribution in [3.63, 3.8) is 0 Å². The minimum absolute atomic E-state index is 0.0369. The maximum Gasteiger partial charge on any atom is 0.316 e. The predicted molar refractivity (Wildman–Crippen MR) is 143 cm³/mol. The maximum absolute atomic E-state index is 13.0. The minimum Gasteiger partial charge on any atom is -0.426 e. The van der Waals surface area contributed by atoms with Gasteiger partial charge >= 0.3 is 5.97 Å². The van der Waals surface area contributed by atoms with Crippen LogP contribution < -0.4 is 14.5 Å². The highest BCUT2D eigenvalue weighted by Crippen LogP contribution is 2.45. The molecule has 39 heavy (non-hydrogen) atoms. The van der Waals surface area contributed by atoms with E-state index in [0.29, 0.717) is 5.69 Å². The number of nitro benzene ring substituents is 1. The van der Waals surface area contributed by atoms with Gasteiger partial charge in [-0.25, -0.2) is 4.90 Å². The lowest BCUT2D eigenvalue weighted by Gasteiger charge is -2.16. The lowest BCUT2D eigenvalue weighted by molar-refractivity contribution is -0.384. The van der Waals surface area contributed by atoms with Gasteiger partial charge < -0.3 is 9.64 Å². The second-order valence-electron chi connectivity index (χ2n) is 8.55. The molecule has 0 bridgehead atoms. The largest absolute Gasteiger partial charge is 0.426 e. The number of nitrogens with zero attached hydrogens (tertiary/aromatic N) is 3. The van der Waals surface area contributed by atoms with Crippen molar-refractivity contribution in [3.8, 4) is 5.75 Å². The fourth-order valence-corrected chi connectivity index (χ4v) is 5.33. The number of carbonyl (C=O) groups excluding carboxylic acids is 4. The summed E-state index contributed by atoms with van der Waals surface area (Å²) < 4.78 is 5.41. The third kappa shape index (κ3) is 4.59. The van der Waals surface area contributed by atoms with Crippen LogP contribution in [0.5, 0.6) is 5.75 Å². The molecule has 3 aromatic rings. The van der Waals surface area contributed by atoms with Crippen molar-refractivity contribution >= 4 is 87.2 Å². The fraction of sp³-hybridized carbons (Fsp3) is 0.120. The maximum atomic E-state index is 13.0. The van der Waals surface area contributed by atoms with Crippen LogP contribution in [0.25, 0.3) is 0 Å². The molecule has 0 spiro atoms. The van der Waals surface area contributed by atoms with E-state index in [2.05, 4.69) is 0 Å². The minimum atomic E-state index is -0.776. The van der Waals surface area contributed by atoms with Crippen molar-refractivity contribution < 1.29 is 28.8 Å². The standard InChI is InChI=1S/C25H13Cl4N3O7/c26-19-17-18(20(27)22(29)21(19)28)24(35)31(23(17)34)13-5-7-15(8-6-13)39-25(36)11-9-16(33)30(10-11)12-1-3-14(4-2-12)32(37)38/h1-8,11H,9-10H2/t11-/m0/s1. The summed E-state index contributed by atoms with van der Waals surface area (Å²) in [7, 11) is 0. The van der Waals surface area contributed by atoms with Gasteiger partial charge in [-0.05, 0) is 36.4 Å². The number of rotatable bonds is 5. The molecule has 0 aromatic heterocycles. The summed E-state index contributed by atoms with van der Waals surface area (Å²) in [5.74, 6) is -3.15. The Hall–Kier alpha value is -3.70. The number of amides is 3. The van der Waals surface area contributed by atoms with Crippen LogP contribution in [0.15, 0.2) is 48.5 Å². The molecular weight excluding hydrogens is 596 g/mol. The molecule has 2 aliphatic rings. The Morgan fingerprint density at radius 3 is 1.85 bits per heavy atom. The van der Waals surface area contributed by atoms with Crippen molar-refractivity contribution in [2.45, 2.75) is 6.42 Å². The quantitative estimate of drug-likeness (QED) is 0.0664. The molecule has 0 aliphatic carbocycles. The van der Waals surface area contributed by atoms with E-state index in [9.17, 15) is 29.3 Å². The summed E-state index contributed by atoms with van der Waals surface area (Å²) in [6.07, 6.45) is -0.102. The highest BCUT2D eigenvalue weighted by atomic mass is 35.5. The first-order chi connectivity index (χ1) is 18.5. The molecule has 0 radical (unpaired) electrons. The molecule has 10 nitrogen and oxygen atoms in total. The normalized spacial score (nSPS) is 16.6. The first-order valence-electron chi connectivity index (χ1n) is 11.1. The average molecular weight is 609 g/mol. The molecule has 198 valence electrons. The van der Waals surface area contributed by atoms with Gasteiger partial charge in [0.25, 0.3) is 17.5 Å². The number of benzene rings is 3. The van der Waals surface area contributed by atoms with Crippen LogP contribution in [-0.2, 0) is 9.59 Å². The smallest absolute Gasteiger partial charge is 0.316 e. The number of non-ortho nitro benzene ring substituents is 1. The zero-order valence-corrected chi connectivity index (χ0v) is 22.3. The van der Waals surface area contributed by atoms with Crippen molar-refractivity contribution in [2.24, 2.45) is 5.92 Å². The number of hydrogen-bond acceptors (Lipinski definition) is 7. The van der Waals surface area contributed by atoms with Gasteiger partial charge in [-0.2, -0.15) is 0 Å². The number of nitro groups is 1. The number of ether oxygens (including phenoxy) is 1. The molecule has 0 unspecified atom stereocenters.